The Morgan fingerprint density at radius 3 is 2.83 bits per heavy atom. The molecule has 5 nitrogen and oxygen atoms in total. The summed E-state index contributed by atoms with van der Waals surface area (Å²) in [5.41, 5.74) is 2.53. The maximum absolute atomic E-state index is 11.1. The van der Waals surface area contributed by atoms with Crippen molar-refractivity contribution in [3.63, 3.8) is 0 Å². The Labute approximate surface area is 104 Å². The zero-order chi connectivity index (χ0) is 13.0. The minimum Gasteiger partial charge on any atom is -0.478 e. The largest absolute Gasteiger partial charge is 0.478 e. The lowest BCUT2D eigenvalue weighted by atomic mass is 10.1. The Hall–Kier alpha value is -2.43. The Morgan fingerprint density at radius 1 is 1.33 bits per heavy atom. The number of para-hydroxylation sites is 1. The molecule has 0 spiro atoms. The molecule has 0 aliphatic rings. The molecule has 0 saturated carbocycles. The van der Waals surface area contributed by atoms with Gasteiger partial charge in [0.25, 0.3) is 0 Å². The normalized spacial score (nSPS) is 10.1. The van der Waals surface area contributed by atoms with Gasteiger partial charge in [0.05, 0.1) is 23.5 Å². The molecule has 2 N–H and O–H groups in total. The highest BCUT2D eigenvalue weighted by atomic mass is 16.4. The van der Waals surface area contributed by atoms with Crippen LogP contribution in [0.1, 0.15) is 21.6 Å². The maximum atomic E-state index is 11.1. The summed E-state index contributed by atoms with van der Waals surface area (Å²) in [6.45, 7) is 2.31. The molecule has 0 atom stereocenters. The van der Waals surface area contributed by atoms with Crippen LogP contribution in [-0.4, -0.2) is 21.3 Å². The molecular formula is C13H13N3O2. The van der Waals surface area contributed by atoms with Gasteiger partial charge < -0.3 is 10.4 Å². The van der Waals surface area contributed by atoms with Gasteiger partial charge in [-0.2, -0.15) is 10.2 Å². The fourth-order valence-corrected chi connectivity index (χ4v) is 1.69. The van der Waals surface area contributed by atoms with Crippen LogP contribution >= 0.6 is 0 Å². The van der Waals surface area contributed by atoms with E-state index in [1.165, 1.54) is 0 Å². The summed E-state index contributed by atoms with van der Waals surface area (Å²) in [6.07, 6.45) is 1.60. The second kappa shape index (κ2) is 5.27. The third kappa shape index (κ3) is 2.63. The van der Waals surface area contributed by atoms with E-state index >= 15 is 0 Å². The van der Waals surface area contributed by atoms with E-state index in [2.05, 4.69) is 15.5 Å². The van der Waals surface area contributed by atoms with Gasteiger partial charge in [0.1, 0.15) is 0 Å². The molecule has 2 rings (SSSR count). The standard InChI is InChI=1S/C13H13N3O2/c1-9-4-2-6-11(13(17)18)12(9)14-8-10-5-3-7-15-16-10/h2-7,14H,8H2,1H3,(H,17,18). The van der Waals surface area contributed by atoms with E-state index in [0.29, 0.717) is 12.2 Å². The molecule has 0 aliphatic heterocycles. The van der Waals surface area contributed by atoms with Gasteiger partial charge in [0.2, 0.25) is 0 Å². The lowest BCUT2D eigenvalue weighted by Gasteiger charge is -2.11. The van der Waals surface area contributed by atoms with Crippen molar-refractivity contribution in [1.29, 1.82) is 0 Å². The predicted octanol–water partition coefficient (Wildman–Crippen LogP) is 2.10. The molecule has 1 aromatic heterocycles. The number of nitrogens with zero attached hydrogens (tertiary/aromatic N) is 2. The van der Waals surface area contributed by atoms with Crippen molar-refractivity contribution >= 4 is 11.7 Å². The molecule has 0 unspecified atom stereocenters. The Balaban J connectivity index is 2.21. The summed E-state index contributed by atoms with van der Waals surface area (Å²) >= 11 is 0. The first-order valence-corrected chi connectivity index (χ1v) is 5.52. The highest BCUT2D eigenvalue weighted by molar-refractivity contribution is 5.95. The summed E-state index contributed by atoms with van der Waals surface area (Å²) in [5, 5.41) is 19.9. The van der Waals surface area contributed by atoms with Crippen LogP contribution in [0.2, 0.25) is 0 Å². The van der Waals surface area contributed by atoms with Crippen LogP contribution in [0, 0.1) is 6.92 Å². The quantitative estimate of drug-likeness (QED) is 0.860. The molecular weight excluding hydrogens is 230 g/mol. The number of carboxylic acid groups (broad SMARTS) is 1. The molecule has 92 valence electrons. The van der Waals surface area contributed by atoms with Crippen molar-refractivity contribution in [2.45, 2.75) is 13.5 Å². The van der Waals surface area contributed by atoms with Gasteiger partial charge in [-0.1, -0.05) is 12.1 Å². The van der Waals surface area contributed by atoms with Gasteiger partial charge in [-0.25, -0.2) is 4.79 Å². The van der Waals surface area contributed by atoms with E-state index in [1.54, 1.807) is 24.4 Å². The predicted molar refractivity (Wildman–Crippen MR) is 67.5 cm³/mol. The Bertz CT molecular complexity index is 555. The fraction of sp³-hybridized carbons (Fsp3) is 0.154. The number of carbonyl (C=O) groups is 1. The van der Waals surface area contributed by atoms with E-state index in [-0.39, 0.29) is 5.56 Å². The minimum absolute atomic E-state index is 0.263. The van der Waals surface area contributed by atoms with Gasteiger partial charge in [-0.05, 0) is 30.7 Å². The molecule has 0 aliphatic carbocycles. The van der Waals surface area contributed by atoms with Crippen LogP contribution < -0.4 is 5.32 Å². The zero-order valence-corrected chi connectivity index (χ0v) is 9.92. The van der Waals surface area contributed by atoms with Crippen molar-refractivity contribution in [2.75, 3.05) is 5.32 Å². The number of benzene rings is 1. The number of hydrogen-bond acceptors (Lipinski definition) is 4. The molecule has 0 fully saturated rings. The van der Waals surface area contributed by atoms with Crippen molar-refractivity contribution in [1.82, 2.24) is 10.2 Å². The van der Waals surface area contributed by atoms with Gasteiger partial charge in [0.15, 0.2) is 0 Å². The van der Waals surface area contributed by atoms with Gasteiger partial charge in [-0.15, -0.1) is 0 Å². The first kappa shape index (κ1) is 12.0. The highest BCUT2D eigenvalue weighted by Gasteiger charge is 2.11. The monoisotopic (exact) mass is 243 g/mol. The molecule has 0 saturated heterocycles. The molecule has 0 amide bonds. The SMILES string of the molecule is Cc1cccc(C(=O)O)c1NCc1cccnn1. The highest BCUT2D eigenvalue weighted by Crippen LogP contribution is 2.21. The van der Waals surface area contributed by atoms with Gasteiger partial charge >= 0.3 is 5.97 Å². The smallest absolute Gasteiger partial charge is 0.337 e. The number of anilines is 1. The van der Waals surface area contributed by atoms with Crippen molar-refractivity contribution in [3.8, 4) is 0 Å². The van der Waals surface area contributed by atoms with Crippen LogP contribution in [0.3, 0.4) is 0 Å². The molecule has 0 bridgehead atoms. The van der Waals surface area contributed by atoms with Crippen LogP contribution in [0.5, 0.6) is 0 Å². The van der Waals surface area contributed by atoms with Crippen LogP contribution in [0.25, 0.3) is 0 Å². The van der Waals surface area contributed by atoms with Crippen molar-refractivity contribution in [2.24, 2.45) is 0 Å². The molecule has 0 radical (unpaired) electrons. The summed E-state index contributed by atoms with van der Waals surface area (Å²) in [5.74, 6) is -0.944. The zero-order valence-electron chi connectivity index (χ0n) is 9.92. The van der Waals surface area contributed by atoms with Gasteiger partial charge in [-0.3, -0.25) is 0 Å². The van der Waals surface area contributed by atoms with E-state index < -0.39 is 5.97 Å². The molecule has 1 aromatic carbocycles. The Kier molecular flexibility index (Phi) is 3.52. The van der Waals surface area contributed by atoms with Crippen LogP contribution in [0.4, 0.5) is 5.69 Å². The topological polar surface area (TPSA) is 75.1 Å². The molecule has 1 heterocycles. The molecule has 2 aromatic rings. The number of carboxylic acids is 1. The number of rotatable bonds is 4. The number of aromatic nitrogens is 2. The number of aromatic carboxylic acids is 1. The average Bonchev–Trinajstić information content (AvgIpc) is 2.38. The number of nitrogens with one attached hydrogen (secondary N) is 1. The third-order valence-corrected chi connectivity index (χ3v) is 2.58. The second-order valence-corrected chi connectivity index (χ2v) is 3.87. The number of aryl methyl sites for hydroxylation is 1. The Morgan fingerprint density at radius 2 is 2.17 bits per heavy atom. The first-order chi connectivity index (χ1) is 8.68. The molecule has 5 heteroatoms. The van der Waals surface area contributed by atoms with E-state index in [0.717, 1.165) is 11.3 Å². The van der Waals surface area contributed by atoms with Crippen molar-refractivity contribution < 1.29 is 9.90 Å². The number of hydrogen-bond donors (Lipinski definition) is 2. The van der Waals surface area contributed by atoms with Crippen LogP contribution in [0.15, 0.2) is 36.5 Å². The lowest BCUT2D eigenvalue weighted by Crippen LogP contribution is -2.09. The summed E-state index contributed by atoms with van der Waals surface area (Å²) in [6, 6.07) is 8.80. The maximum Gasteiger partial charge on any atom is 0.337 e. The first-order valence-electron chi connectivity index (χ1n) is 5.52. The van der Waals surface area contributed by atoms with E-state index in [1.807, 2.05) is 19.1 Å². The summed E-state index contributed by atoms with van der Waals surface area (Å²) in [7, 11) is 0. The van der Waals surface area contributed by atoms with Crippen LogP contribution in [-0.2, 0) is 6.54 Å². The minimum atomic E-state index is -0.944. The van der Waals surface area contributed by atoms with E-state index in [9.17, 15) is 4.79 Å². The fourth-order valence-electron chi connectivity index (χ4n) is 1.69. The van der Waals surface area contributed by atoms with Gasteiger partial charge in [0, 0.05) is 6.20 Å². The average molecular weight is 243 g/mol. The van der Waals surface area contributed by atoms with E-state index in [4.69, 9.17) is 5.11 Å². The summed E-state index contributed by atoms with van der Waals surface area (Å²) in [4.78, 5) is 11.1. The second-order valence-electron chi connectivity index (χ2n) is 3.87. The van der Waals surface area contributed by atoms with Crippen molar-refractivity contribution in [3.05, 3.63) is 53.3 Å². The third-order valence-electron chi connectivity index (χ3n) is 2.58. The molecule has 18 heavy (non-hydrogen) atoms. The lowest BCUT2D eigenvalue weighted by molar-refractivity contribution is 0.0698. The summed E-state index contributed by atoms with van der Waals surface area (Å²) < 4.78 is 0.